The monoisotopic (exact) mass is 441 g/mol. The second kappa shape index (κ2) is 7.76. The topological polar surface area (TPSA) is 86.8 Å². The summed E-state index contributed by atoms with van der Waals surface area (Å²) >= 11 is 0. The minimum absolute atomic E-state index is 0.224. The number of hydrogen-bond donors (Lipinski definition) is 2. The van der Waals surface area contributed by atoms with Gasteiger partial charge in [0.15, 0.2) is 0 Å². The number of H-pyrrole nitrogens is 2. The van der Waals surface area contributed by atoms with Gasteiger partial charge in [0.05, 0.1) is 5.69 Å². The Labute approximate surface area is 191 Å². The lowest BCUT2D eigenvalue weighted by molar-refractivity contribution is -0.131. The third-order valence-corrected chi connectivity index (χ3v) is 7.06. The number of hydrogen-bond acceptors (Lipinski definition) is 3. The predicted octanol–water partition coefficient (Wildman–Crippen LogP) is 3.82. The van der Waals surface area contributed by atoms with Crippen molar-refractivity contribution in [3.63, 3.8) is 0 Å². The quantitative estimate of drug-likeness (QED) is 0.494. The van der Waals surface area contributed by atoms with E-state index in [2.05, 4.69) is 51.6 Å². The highest BCUT2D eigenvalue weighted by Gasteiger charge is 2.37. The van der Waals surface area contributed by atoms with Crippen LogP contribution in [0.1, 0.15) is 30.7 Å². The van der Waals surface area contributed by atoms with E-state index in [1.165, 1.54) is 5.39 Å². The molecule has 2 fully saturated rings. The zero-order valence-electron chi connectivity index (χ0n) is 18.7. The number of rotatable bonds is 5. The average molecular weight is 442 g/mol. The Kier molecular flexibility index (Phi) is 4.71. The van der Waals surface area contributed by atoms with Gasteiger partial charge in [0.1, 0.15) is 5.82 Å². The molecule has 2 N–H and O–H groups in total. The number of fused-ring (bicyclic) bond motifs is 1. The first-order valence-electron chi connectivity index (χ1n) is 11.7. The lowest BCUT2D eigenvalue weighted by atomic mass is 10.0. The van der Waals surface area contributed by atoms with Crippen LogP contribution in [0, 0.1) is 18.8 Å². The Morgan fingerprint density at radius 2 is 1.91 bits per heavy atom. The third kappa shape index (κ3) is 3.67. The zero-order valence-corrected chi connectivity index (χ0v) is 18.7. The number of likely N-dealkylation sites (tertiary alicyclic amines) is 1. The van der Waals surface area contributed by atoms with E-state index < -0.39 is 0 Å². The van der Waals surface area contributed by atoms with E-state index in [-0.39, 0.29) is 11.6 Å². The molecule has 2 aromatic carbocycles. The summed E-state index contributed by atoms with van der Waals surface area (Å²) in [5.74, 6) is 1.62. The van der Waals surface area contributed by atoms with Gasteiger partial charge in [0.2, 0.25) is 5.91 Å². The maximum absolute atomic E-state index is 12.7. The van der Waals surface area contributed by atoms with Crippen LogP contribution in [0.2, 0.25) is 0 Å². The summed E-state index contributed by atoms with van der Waals surface area (Å²) in [6.45, 7) is 3.60. The molecule has 2 aromatic heterocycles. The zero-order chi connectivity index (χ0) is 22.5. The van der Waals surface area contributed by atoms with Gasteiger partial charge in [-0.05, 0) is 78.4 Å². The van der Waals surface area contributed by atoms with Gasteiger partial charge in [-0.25, -0.2) is 14.5 Å². The smallest absolute Gasteiger partial charge is 0.347 e. The van der Waals surface area contributed by atoms with Crippen molar-refractivity contribution in [3.05, 3.63) is 70.5 Å². The Hall–Kier alpha value is -3.61. The molecule has 7 heteroatoms. The van der Waals surface area contributed by atoms with E-state index in [1.54, 1.807) is 4.57 Å². The van der Waals surface area contributed by atoms with Crippen LogP contribution in [0.3, 0.4) is 0 Å². The normalized spacial score (nSPS) is 18.3. The second-order valence-corrected chi connectivity index (χ2v) is 9.48. The molecule has 1 atom stereocenters. The molecular formula is C26H27N5O2. The molecule has 4 aromatic rings. The van der Waals surface area contributed by atoms with Crippen molar-refractivity contribution in [2.75, 3.05) is 13.1 Å². The number of nitrogens with one attached hydrogen (secondary N) is 2. The molecular weight excluding hydrogens is 414 g/mol. The summed E-state index contributed by atoms with van der Waals surface area (Å²) in [6, 6.07) is 14.6. The summed E-state index contributed by atoms with van der Waals surface area (Å²) in [7, 11) is 0. The number of aromatic nitrogens is 4. The SMILES string of the molecule is Cc1cc(-c2ccc3cc[nH]c3c2)ccc1-n1c(CC2CCN(C(=O)C3CC3)C2)n[nH]c1=O. The van der Waals surface area contributed by atoms with Gasteiger partial charge in [-0.2, -0.15) is 5.10 Å². The molecule has 6 rings (SSSR count). The molecule has 1 aliphatic heterocycles. The molecule has 7 nitrogen and oxygen atoms in total. The minimum Gasteiger partial charge on any atom is -0.361 e. The van der Waals surface area contributed by atoms with Gasteiger partial charge in [-0.15, -0.1) is 0 Å². The highest BCUT2D eigenvalue weighted by molar-refractivity contribution is 5.85. The number of benzene rings is 2. The van der Waals surface area contributed by atoms with Crippen LogP contribution in [-0.4, -0.2) is 43.6 Å². The molecule has 1 amide bonds. The average Bonchev–Trinajstić information content (AvgIpc) is 3.21. The molecule has 33 heavy (non-hydrogen) atoms. The van der Waals surface area contributed by atoms with Crippen LogP contribution in [0.4, 0.5) is 0 Å². The Balaban J connectivity index is 1.26. The molecule has 0 bridgehead atoms. The summed E-state index contributed by atoms with van der Waals surface area (Å²) in [5, 5.41) is 8.16. The van der Waals surface area contributed by atoms with Gasteiger partial charge in [0.25, 0.3) is 0 Å². The van der Waals surface area contributed by atoms with E-state index in [1.807, 2.05) is 24.1 Å². The Morgan fingerprint density at radius 1 is 1.09 bits per heavy atom. The van der Waals surface area contributed by atoms with E-state index in [0.29, 0.717) is 18.2 Å². The van der Waals surface area contributed by atoms with E-state index in [9.17, 15) is 9.59 Å². The van der Waals surface area contributed by atoms with Gasteiger partial charge in [-0.3, -0.25) is 4.79 Å². The maximum atomic E-state index is 12.7. The van der Waals surface area contributed by atoms with Crippen LogP contribution in [0.25, 0.3) is 27.7 Å². The third-order valence-electron chi connectivity index (χ3n) is 7.06. The van der Waals surface area contributed by atoms with Crippen molar-refractivity contribution < 1.29 is 4.79 Å². The van der Waals surface area contributed by atoms with Crippen molar-refractivity contribution in [1.29, 1.82) is 0 Å². The molecule has 0 spiro atoms. The van der Waals surface area contributed by atoms with E-state index in [0.717, 1.165) is 66.1 Å². The van der Waals surface area contributed by atoms with Gasteiger partial charge in [-0.1, -0.05) is 18.2 Å². The minimum atomic E-state index is -0.224. The lowest BCUT2D eigenvalue weighted by Gasteiger charge is -2.16. The number of carbonyl (C=O) groups excluding carboxylic acids is 1. The van der Waals surface area contributed by atoms with Crippen molar-refractivity contribution in [1.82, 2.24) is 24.6 Å². The number of amides is 1. The number of nitrogens with zero attached hydrogens (tertiary/aromatic N) is 3. The fraction of sp³-hybridized carbons (Fsp3) is 0.346. The maximum Gasteiger partial charge on any atom is 0.347 e. The molecule has 3 heterocycles. The largest absolute Gasteiger partial charge is 0.361 e. The molecule has 2 aliphatic rings. The Bertz CT molecular complexity index is 1410. The van der Waals surface area contributed by atoms with Crippen LogP contribution in [-0.2, 0) is 11.2 Å². The highest BCUT2D eigenvalue weighted by atomic mass is 16.2. The first kappa shape index (κ1) is 20.0. The number of aromatic amines is 2. The van der Waals surface area contributed by atoms with Crippen molar-refractivity contribution >= 4 is 16.8 Å². The number of aryl methyl sites for hydroxylation is 1. The van der Waals surface area contributed by atoms with Gasteiger partial charge < -0.3 is 9.88 Å². The lowest BCUT2D eigenvalue weighted by Crippen LogP contribution is -2.30. The van der Waals surface area contributed by atoms with Crippen LogP contribution in [0.15, 0.2) is 53.5 Å². The fourth-order valence-corrected chi connectivity index (χ4v) is 5.07. The van der Waals surface area contributed by atoms with Crippen molar-refractivity contribution in [3.8, 4) is 16.8 Å². The Morgan fingerprint density at radius 3 is 2.73 bits per heavy atom. The van der Waals surface area contributed by atoms with E-state index in [4.69, 9.17) is 0 Å². The molecule has 168 valence electrons. The molecule has 1 aliphatic carbocycles. The molecule has 1 unspecified atom stereocenters. The van der Waals surface area contributed by atoms with Gasteiger partial charge in [0, 0.05) is 37.1 Å². The van der Waals surface area contributed by atoms with Crippen LogP contribution in [0.5, 0.6) is 0 Å². The summed E-state index contributed by atoms with van der Waals surface area (Å²) in [6.07, 6.45) is 5.65. The van der Waals surface area contributed by atoms with Crippen LogP contribution >= 0.6 is 0 Å². The van der Waals surface area contributed by atoms with Crippen molar-refractivity contribution in [2.24, 2.45) is 11.8 Å². The number of carbonyl (C=O) groups is 1. The summed E-state index contributed by atoms with van der Waals surface area (Å²) in [4.78, 5) is 30.3. The molecule has 1 saturated heterocycles. The standard InChI is InChI=1S/C26H27N5O2/c1-16-12-20(21-5-2-18-8-10-27-22(18)14-21)6-7-23(16)31-24(28-29-26(31)33)13-17-9-11-30(15-17)25(32)19-3-4-19/h2,5-8,10,12,14,17,19,27H,3-4,9,11,13,15H2,1H3,(H,29,33). The molecule has 1 saturated carbocycles. The fourth-order valence-electron chi connectivity index (χ4n) is 5.07. The first-order chi connectivity index (χ1) is 16.1. The summed E-state index contributed by atoms with van der Waals surface area (Å²) < 4.78 is 1.69. The highest BCUT2D eigenvalue weighted by Crippen LogP contribution is 2.33. The first-order valence-corrected chi connectivity index (χ1v) is 11.7. The van der Waals surface area contributed by atoms with Crippen molar-refractivity contribution in [2.45, 2.75) is 32.6 Å². The van der Waals surface area contributed by atoms with Crippen LogP contribution < -0.4 is 5.69 Å². The predicted molar refractivity (Wildman–Crippen MR) is 127 cm³/mol. The van der Waals surface area contributed by atoms with Gasteiger partial charge >= 0.3 is 5.69 Å². The molecule has 0 radical (unpaired) electrons. The van der Waals surface area contributed by atoms with E-state index >= 15 is 0 Å². The summed E-state index contributed by atoms with van der Waals surface area (Å²) in [5.41, 5.74) is 4.98. The second-order valence-electron chi connectivity index (χ2n) is 9.48.